The molecule has 2 rings (SSSR count). The summed E-state index contributed by atoms with van der Waals surface area (Å²) in [5.41, 5.74) is -0.595. The average molecular weight is 241 g/mol. The van der Waals surface area contributed by atoms with Crippen molar-refractivity contribution in [3.05, 3.63) is 11.5 Å². The van der Waals surface area contributed by atoms with E-state index in [0.29, 0.717) is 5.76 Å². The van der Waals surface area contributed by atoms with E-state index in [1.54, 1.807) is 0 Å². The Bertz CT molecular complexity index is 420. The first-order chi connectivity index (χ1) is 7.79. The number of rotatable bonds is 2. The Kier molecular flexibility index (Phi) is 2.43. The molecule has 94 valence electrons. The molecule has 2 heterocycles. The number of ether oxygens (including phenoxy) is 1. The summed E-state index contributed by atoms with van der Waals surface area (Å²) in [6, 6.07) is 0. The van der Waals surface area contributed by atoms with Crippen molar-refractivity contribution in [2.24, 2.45) is 11.3 Å². The summed E-state index contributed by atoms with van der Waals surface area (Å²) in [5.74, 6) is -1.93. The minimum atomic E-state index is -1.18. The SMILES string of the molecule is CC(C)(C)C1=C(C(=O)O)N2C(=O)C(CO)C2O1. The minimum Gasteiger partial charge on any atom is -0.476 e. The first-order valence-corrected chi connectivity index (χ1v) is 5.37. The molecule has 0 bridgehead atoms. The van der Waals surface area contributed by atoms with Crippen LogP contribution in [0.3, 0.4) is 0 Å². The van der Waals surface area contributed by atoms with Gasteiger partial charge in [-0.2, -0.15) is 0 Å². The highest BCUT2D eigenvalue weighted by Crippen LogP contribution is 2.45. The fraction of sp³-hybridized carbons (Fsp3) is 0.636. The van der Waals surface area contributed by atoms with Gasteiger partial charge in [0.25, 0.3) is 0 Å². The summed E-state index contributed by atoms with van der Waals surface area (Å²) in [4.78, 5) is 24.0. The third-order valence-corrected chi connectivity index (χ3v) is 2.93. The van der Waals surface area contributed by atoms with Crippen LogP contribution in [0.1, 0.15) is 20.8 Å². The molecule has 2 aliphatic rings. The van der Waals surface area contributed by atoms with E-state index in [4.69, 9.17) is 14.9 Å². The second-order valence-electron chi connectivity index (χ2n) is 5.24. The Labute approximate surface area is 98.5 Å². The van der Waals surface area contributed by atoms with E-state index < -0.39 is 29.4 Å². The largest absolute Gasteiger partial charge is 0.476 e. The summed E-state index contributed by atoms with van der Waals surface area (Å²) in [6.07, 6.45) is -0.659. The Morgan fingerprint density at radius 3 is 2.47 bits per heavy atom. The number of aliphatic hydroxyl groups excluding tert-OH is 1. The van der Waals surface area contributed by atoms with Gasteiger partial charge in [-0.25, -0.2) is 4.79 Å². The maximum atomic E-state index is 11.7. The highest BCUT2D eigenvalue weighted by molar-refractivity contribution is 5.98. The highest BCUT2D eigenvalue weighted by Gasteiger charge is 2.58. The summed E-state index contributed by atoms with van der Waals surface area (Å²) in [7, 11) is 0. The van der Waals surface area contributed by atoms with Crippen LogP contribution in [0, 0.1) is 11.3 Å². The number of aliphatic hydroxyl groups is 1. The van der Waals surface area contributed by atoms with E-state index in [1.807, 2.05) is 20.8 Å². The number of amides is 1. The van der Waals surface area contributed by atoms with Gasteiger partial charge in [0.1, 0.15) is 11.7 Å². The fourth-order valence-electron chi connectivity index (χ4n) is 2.08. The number of carboxylic acids is 1. The van der Waals surface area contributed by atoms with Gasteiger partial charge in [-0.1, -0.05) is 20.8 Å². The number of hydrogen-bond donors (Lipinski definition) is 2. The molecule has 0 spiro atoms. The van der Waals surface area contributed by atoms with Crippen molar-refractivity contribution in [2.45, 2.75) is 27.0 Å². The van der Waals surface area contributed by atoms with Crippen molar-refractivity contribution in [2.75, 3.05) is 6.61 Å². The fourth-order valence-corrected chi connectivity index (χ4v) is 2.08. The maximum absolute atomic E-state index is 11.7. The molecule has 6 heteroatoms. The molecule has 1 amide bonds. The zero-order valence-corrected chi connectivity index (χ0v) is 9.93. The molecule has 1 fully saturated rings. The summed E-state index contributed by atoms with van der Waals surface area (Å²) in [5, 5.41) is 18.2. The molecule has 0 radical (unpaired) electrons. The van der Waals surface area contributed by atoms with Crippen LogP contribution in [0.2, 0.25) is 0 Å². The number of carboxylic acid groups (broad SMARTS) is 1. The topological polar surface area (TPSA) is 87.1 Å². The van der Waals surface area contributed by atoms with Crippen molar-refractivity contribution in [1.29, 1.82) is 0 Å². The molecule has 0 saturated carbocycles. The zero-order valence-electron chi connectivity index (χ0n) is 9.93. The van der Waals surface area contributed by atoms with Crippen LogP contribution in [0.5, 0.6) is 0 Å². The number of fused-ring (bicyclic) bond motifs is 1. The highest BCUT2D eigenvalue weighted by atomic mass is 16.5. The van der Waals surface area contributed by atoms with Crippen LogP contribution < -0.4 is 0 Å². The van der Waals surface area contributed by atoms with Gasteiger partial charge >= 0.3 is 5.97 Å². The number of carbonyl (C=O) groups excluding carboxylic acids is 1. The van der Waals surface area contributed by atoms with Crippen LogP contribution in [0.25, 0.3) is 0 Å². The number of carbonyl (C=O) groups is 2. The summed E-state index contributed by atoms with van der Waals surface area (Å²) >= 11 is 0. The third kappa shape index (κ3) is 1.51. The smallest absolute Gasteiger partial charge is 0.356 e. The number of β-lactam (4-membered cyclic amide) rings is 1. The molecule has 2 unspecified atom stereocenters. The molecule has 2 atom stereocenters. The van der Waals surface area contributed by atoms with Crippen molar-refractivity contribution in [3.8, 4) is 0 Å². The molecule has 0 aromatic rings. The normalized spacial score (nSPS) is 27.8. The molecule has 1 saturated heterocycles. The van der Waals surface area contributed by atoms with Crippen LogP contribution in [0.4, 0.5) is 0 Å². The van der Waals surface area contributed by atoms with Crippen molar-refractivity contribution >= 4 is 11.9 Å². The van der Waals surface area contributed by atoms with Crippen LogP contribution in [-0.2, 0) is 14.3 Å². The van der Waals surface area contributed by atoms with Gasteiger partial charge in [0.15, 0.2) is 11.9 Å². The van der Waals surface area contributed by atoms with Crippen LogP contribution in [0.15, 0.2) is 11.5 Å². The molecule has 2 N–H and O–H groups in total. The van der Waals surface area contributed by atoms with Gasteiger partial charge < -0.3 is 14.9 Å². The lowest BCUT2D eigenvalue weighted by Gasteiger charge is -2.40. The standard InChI is InChI=1S/C11H15NO5/c1-11(2,3)7-6(10(15)16)12-8(14)5(4-13)9(12)17-7/h5,9,13H,4H2,1-3H3,(H,15,16). The third-order valence-electron chi connectivity index (χ3n) is 2.93. The van der Waals surface area contributed by atoms with Gasteiger partial charge in [0, 0.05) is 5.41 Å². The predicted octanol–water partition coefficient (Wildman–Crippen LogP) is 0.136. The van der Waals surface area contributed by atoms with Crippen LogP contribution in [-0.4, -0.2) is 39.8 Å². The van der Waals surface area contributed by atoms with Gasteiger partial charge in [0.2, 0.25) is 5.91 Å². The average Bonchev–Trinajstić information content (AvgIpc) is 2.53. The van der Waals surface area contributed by atoms with Gasteiger partial charge in [-0.3, -0.25) is 9.69 Å². The van der Waals surface area contributed by atoms with Gasteiger partial charge in [-0.15, -0.1) is 0 Å². The van der Waals surface area contributed by atoms with Gasteiger partial charge in [-0.05, 0) is 0 Å². The lowest BCUT2D eigenvalue weighted by molar-refractivity contribution is -0.176. The maximum Gasteiger partial charge on any atom is 0.356 e. The van der Waals surface area contributed by atoms with E-state index in [0.717, 1.165) is 4.90 Å². The summed E-state index contributed by atoms with van der Waals surface area (Å²) < 4.78 is 5.52. The van der Waals surface area contributed by atoms with Crippen molar-refractivity contribution in [1.82, 2.24) is 4.90 Å². The molecule has 0 aliphatic carbocycles. The van der Waals surface area contributed by atoms with Gasteiger partial charge in [0.05, 0.1) is 6.61 Å². The Morgan fingerprint density at radius 1 is 1.47 bits per heavy atom. The van der Waals surface area contributed by atoms with Crippen molar-refractivity contribution in [3.63, 3.8) is 0 Å². The number of aliphatic carboxylic acids is 1. The van der Waals surface area contributed by atoms with E-state index in [9.17, 15) is 9.59 Å². The van der Waals surface area contributed by atoms with E-state index in [1.165, 1.54) is 0 Å². The quantitative estimate of drug-likeness (QED) is 0.671. The first-order valence-electron chi connectivity index (χ1n) is 5.37. The molecule has 17 heavy (non-hydrogen) atoms. The lowest BCUT2D eigenvalue weighted by Crippen LogP contribution is -2.60. The first kappa shape index (κ1) is 11.9. The summed E-state index contributed by atoms with van der Waals surface area (Å²) in [6.45, 7) is 5.12. The van der Waals surface area contributed by atoms with E-state index >= 15 is 0 Å². The van der Waals surface area contributed by atoms with Crippen molar-refractivity contribution < 1.29 is 24.5 Å². The monoisotopic (exact) mass is 241 g/mol. The predicted molar refractivity (Wildman–Crippen MR) is 56.4 cm³/mol. The molecule has 0 aromatic carbocycles. The number of nitrogens with zero attached hydrogens (tertiary/aromatic N) is 1. The van der Waals surface area contributed by atoms with Crippen LogP contribution >= 0.6 is 0 Å². The minimum absolute atomic E-state index is 0.0998. The molecular weight excluding hydrogens is 226 g/mol. The Morgan fingerprint density at radius 2 is 2.06 bits per heavy atom. The second kappa shape index (κ2) is 3.46. The zero-order chi connectivity index (χ0) is 13.0. The second-order valence-corrected chi connectivity index (χ2v) is 5.24. The number of hydrogen-bond acceptors (Lipinski definition) is 4. The molecule has 0 aromatic heterocycles. The molecular formula is C11H15NO5. The molecule has 6 nitrogen and oxygen atoms in total. The lowest BCUT2D eigenvalue weighted by atomic mass is 9.92. The Balaban J connectivity index is 2.40. The number of allylic oxidation sites excluding steroid dienone is 1. The Hall–Kier alpha value is -1.56. The van der Waals surface area contributed by atoms with E-state index in [-0.39, 0.29) is 12.3 Å². The van der Waals surface area contributed by atoms with E-state index in [2.05, 4.69) is 0 Å². The molecule has 2 aliphatic heterocycles.